The first kappa shape index (κ1) is 12.0. The fourth-order valence-electron chi connectivity index (χ4n) is 1.12. The van der Waals surface area contributed by atoms with Gasteiger partial charge in [-0.25, -0.2) is 0 Å². The van der Waals surface area contributed by atoms with Crippen LogP contribution in [0.2, 0.25) is 23.1 Å². The van der Waals surface area contributed by atoms with Crippen molar-refractivity contribution in [3.63, 3.8) is 0 Å². The van der Waals surface area contributed by atoms with E-state index in [9.17, 15) is 0 Å². The van der Waals surface area contributed by atoms with Gasteiger partial charge in [0, 0.05) is 0 Å². The lowest BCUT2D eigenvalue weighted by Gasteiger charge is -2.14. The molecule has 0 heterocycles. The van der Waals surface area contributed by atoms with Gasteiger partial charge in [0.1, 0.15) is 0 Å². The molecule has 0 aliphatic rings. The molecule has 0 aromatic heterocycles. The minimum Gasteiger partial charge on any atom is -0.330 e. The van der Waals surface area contributed by atoms with Crippen molar-refractivity contribution in [3.8, 4) is 0 Å². The summed E-state index contributed by atoms with van der Waals surface area (Å²) in [5.41, 5.74) is 7.45. The van der Waals surface area contributed by atoms with Crippen molar-refractivity contribution in [1.82, 2.24) is 0 Å². The molecule has 1 rings (SSSR count). The Bertz CT molecular complexity index is 315. The van der Waals surface area contributed by atoms with Crippen LogP contribution in [0.4, 0.5) is 0 Å². The van der Waals surface area contributed by atoms with E-state index < -0.39 is 8.80 Å². The lowest BCUT2D eigenvalue weighted by Crippen LogP contribution is -2.35. The maximum absolute atomic E-state index is 6.01. The van der Waals surface area contributed by atoms with Crippen LogP contribution in [-0.2, 0) is 6.42 Å². The van der Waals surface area contributed by atoms with Gasteiger partial charge in [-0.05, 0) is 29.8 Å². The zero-order valence-electron chi connectivity index (χ0n) is 8.35. The van der Waals surface area contributed by atoms with Crippen LogP contribution in [0.5, 0.6) is 0 Å². The monoisotopic (exact) mass is 246 g/mol. The molecule has 14 heavy (non-hydrogen) atoms. The second-order valence-electron chi connectivity index (χ2n) is 3.64. The third-order valence-electron chi connectivity index (χ3n) is 2.18. The summed E-state index contributed by atoms with van der Waals surface area (Å²) in [5.74, 6) is 0. The van der Waals surface area contributed by atoms with Gasteiger partial charge in [-0.15, -0.1) is 0 Å². The molecule has 0 saturated heterocycles. The Balaban J connectivity index is 2.73. The van der Waals surface area contributed by atoms with Gasteiger partial charge in [-0.2, -0.15) is 0 Å². The van der Waals surface area contributed by atoms with Gasteiger partial charge in [0.05, 0.1) is 18.8 Å². The molecule has 0 spiro atoms. The van der Waals surface area contributed by atoms with Gasteiger partial charge in [-0.3, -0.25) is 0 Å². The van der Waals surface area contributed by atoms with E-state index in [0.717, 1.165) is 12.0 Å². The minimum absolute atomic E-state index is 0.275. The summed E-state index contributed by atoms with van der Waals surface area (Å²) in [4.78, 5) is 0. The Hall–Kier alpha value is -0.0231. The van der Waals surface area contributed by atoms with Crippen LogP contribution in [0, 0.1) is 0 Å². The quantitative estimate of drug-likeness (QED) is 0.816. The molecular formula is C10H14Cl2NSi. The Morgan fingerprint density at radius 2 is 1.93 bits per heavy atom. The van der Waals surface area contributed by atoms with Gasteiger partial charge in [-0.1, -0.05) is 42.4 Å². The molecule has 1 unspecified atom stereocenters. The first-order valence-electron chi connectivity index (χ1n) is 4.50. The molecular weight excluding hydrogens is 233 g/mol. The minimum atomic E-state index is -0.431. The van der Waals surface area contributed by atoms with Gasteiger partial charge < -0.3 is 5.73 Å². The molecule has 1 aromatic rings. The highest BCUT2D eigenvalue weighted by atomic mass is 35.5. The highest BCUT2D eigenvalue weighted by Gasteiger charge is 2.10. The summed E-state index contributed by atoms with van der Waals surface area (Å²) < 4.78 is 0. The number of benzene rings is 1. The summed E-state index contributed by atoms with van der Waals surface area (Å²) in [6.45, 7) is 4.43. The molecule has 1 atom stereocenters. The third-order valence-corrected chi connectivity index (χ3v) is 4.61. The third kappa shape index (κ3) is 3.28. The normalized spacial score (nSPS) is 13.3. The maximum atomic E-state index is 6.01. The Morgan fingerprint density at radius 3 is 2.43 bits per heavy atom. The van der Waals surface area contributed by atoms with E-state index >= 15 is 0 Å². The van der Waals surface area contributed by atoms with Crippen LogP contribution < -0.4 is 5.73 Å². The summed E-state index contributed by atoms with van der Waals surface area (Å²) in [6.07, 6.45) is 0.887. The van der Waals surface area contributed by atoms with Crippen molar-refractivity contribution in [2.75, 3.05) is 0 Å². The first-order valence-corrected chi connectivity index (χ1v) is 7.83. The Kier molecular flexibility index (Phi) is 4.45. The molecule has 4 heteroatoms. The molecule has 0 saturated carbocycles. The molecule has 0 bridgehead atoms. The predicted molar refractivity (Wildman–Crippen MR) is 65.6 cm³/mol. The van der Waals surface area contributed by atoms with Gasteiger partial charge in [0.2, 0.25) is 0 Å². The Morgan fingerprint density at radius 1 is 1.29 bits per heavy atom. The SMILES string of the molecule is C[Si](C)C(N)Cc1ccc(Cl)c(Cl)c1. The van der Waals surface area contributed by atoms with E-state index in [-0.39, 0.29) is 5.67 Å². The van der Waals surface area contributed by atoms with Crippen LogP contribution in [-0.4, -0.2) is 14.5 Å². The summed E-state index contributed by atoms with van der Waals surface area (Å²) in [7, 11) is -0.431. The fraction of sp³-hybridized carbons (Fsp3) is 0.400. The van der Waals surface area contributed by atoms with Crippen LogP contribution in [0.15, 0.2) is 18.2 Å². The van der Waals surface area contributed by atoms with Crippen molar-refractivity contribution in [1.29, 1.82) is 0 Å². The van der Waals surface area contributed by atoms with E-state index in [1.165, 1.54) is 0 Å². The average Bonchev–Trinajstić information content (AvgIpc) is 2.11. The summed E-state index contributed by atoms with van der Waals surface area (Å²) >= 11 is 11.7. The fourth-order valence-corrected chi connectivity index (χ4v) is 2.09. The molecule has 0 amide bonds. The largest absolute Gasteiger partial charge is 0.330 e. The molecule has 1 radical (unpaired) electrons. The number of rotatable bonds is 3. The van der Waals surface area contributed by atoms with Gasteiger partial charge >= 0.3 is 0 Å². The lowest BCUT2D eigenvalue weighted by atomic mass is 10.1. The summed E-state index contributed by atoms with van der Waals surface area (Å²) in [5, 5.41) is 1.21. The standard InChI is InChI=1S/C10H14Cl2NSi/c1-14(2)10(13)6-7-3-4-8(11)9(12)5-7/h3-5,10H,6,13H2,1-2H3. The maximum Gasteiger partial charge on any atom is 0.0624 e. The van der Waals surface area contributed by atoms with Crippen molar-refractivity contribution in [2.24, 2.45) is 5.73 Å². The first-order chi connectivity index (χ1) is 6.50. The smallest absolute Gasteiger partial charge is 0.0624 e. The van der Waals surface area contributed by atoms with Crippen molar-refractivity contribution in [3.05, 3.63) is 33.8 Å². The van der Waals surface area contributed by atoms with Crippen molar-refractivity contribution in [2.45, 2.75) is 25.2 Å². The Labute approximate surface area is 96.8 Å². The highest BCUT2D eigenvalue weighted by molar-refractivity contribution is 6.57. The van der Waals surface area contributed by atoms with E-state index in [1.807, 2.05) is 18.2 Å². The zero-order valence-corrected chi connectivity index (χ0v) is 10.9. The topological polar surface area (TPSA) is 26.0 Å². The molecule has 0 aliphatic carbocycles. The molecule has 1 aromatic carbocycles. The highest BCUT2D eigenvalue weighted by Crippen LogP contribution is 2.23. The van der Waals surface area contributed by atoms with Crippen LogP contribution in [0.25, 0.3) is 0 Å². The van der Waals surface area contributed by atoms with Crippen molar-refractivity contribution >= 4 is 32.0 Å². The molecule has 2 N–H and O–H groups in total. The van der Waals surface area contributed by atoms with Gasteiger partial charge in [0.25, 0.3) is 0 Å². The van der Waals surface area contributed by atoms with Gasteiger partial charge in [0.15, 0.2) is 0 Å². The van der Waals surface area contributed by atoms with Crippen LogP contribution in [0.3, 0.4) is 0 Å². The van der Waals surface area contributed by atoms with E-state index in [2.05, 4.69) is 13.1 Å². The summed E-state index contributed by atoms with van der Waals surface area (Å²) in [6, 6.07) is 5.71. The number of nitrogens with two attached hydrogens (primary N) is 1. The number of hydrogen-bond donors (Lipinski definition) is 1. The average molecular weight is 247 g/mol. The second-order valence-corrected chi connectivity index (χ2v) is 7.35. The number of hydrogen-bond acceptors (Lipinski definition) is 1. The molecule has 0 aliphatic heterocycles. The van der Waals surface area contributed by atoms with E-state index in [0.29, 0.717) is 10.0 Å². The van der Waals surface area contributed by atoms with Crippen LogP contribution >= 0.6 is 23.2 Å². The second kappa shape index (κ2) is 5.17. The lowest BCUT2D eigenvalue weighted by molar-refractivity contribution is 0.866. The van der Waals surface area contributed by atoms with Crippen molar-refractivity contribution < 1.29 is 0 Å². The van der Waals surface area contributed by atoms with E-state index in [4.69, 9.17) is 28.9 Å². The predicted octanol–water partition coefficient (Wildman–Crippen LogP) is 3.16. The van der Waals surface area contributed by atoms with Crippen LogP contribution in [0.1, 0.15) is 5.56 Å². The molecule has 77 valence electrons. The van der Waals surface area contributed by atoms with E-state index in [1.54, 1.807) is 0 Å². The zero-order chi connectivity index (χ0) is 10.7. The number of halogens is 2. The molecule has 1 nitrogen and oxygen atoms in total. The molecule has 0 fully saturated rings.